The number of nitrogens with two attached hydrogens (primary N) is 2. The maximum Gasteiger partial charge on any atom is 0.362 e. The van der Waals surface area contributed by atoms with Gasteiger partial charge in [-0.05, 0) is 6.07 Å². The first-order valence-electron chi connectivity index (χ1n) is 9.04. The Hall–Kier alpha value is -1.96. The number of phosphoric acid groups is 1. The molecule has 0 unspecified atom stereocenters. The summed E-state index contributed by atoms with van der Waals surface area (Å²) < 4.78 is 21.1. The molecule has 0 bridgehead atoms. The highest BCUT2D eigenvalue weighted by molar-refractivity contribution is 7.43. The highest BCUT2D eigenvalue weighted by Gasteiger charge is 2.48. The molecule has 2 saturated heterocycles. The Morgan fingerprint density at radius 3 is 2.57 bits per heavy atom. The van der Waals surface area contributed by atoms with E-state index in [9.17, 15) is 34.2 Å². The fourth-order valence-corrected chi connectivity index (χ4v) is 3.40. The Kier molecular flexibility index (Phi) is 8.41. The Morgan fingerprint density at radius 2 is 2.07 bits per heavy atom. The van der Waals surface area contributed by atoms with E-state index in [4.69, 9.17) is 15.6 Å². The van der Waals surface area contributed by atoms with E-state index in [1.54, 1.807) is 0 Å². The maximum atomic E-state index is 11.1. The first kappa shape index (κ1) is 24.3. The summed E-state index contributed by atoms with van der Waals surface area (Å²) in [6.45, 7) is 0.256. The van der Waals surface area contributed by atoms with E-state index in [1.165, 1.54) is 29.1 Å². The number of carbonyl (C=O) groups is 2. The molecule has 1 amide bonds. The van der Waals surface area contributed by atoms with Crippen LogP contribution in [0.15, 0.2) is 24.5 Å². The van der Waals surface area contributed by atoms with Crippen molar-refractivity contribution in [3.8, 4) is 0 Å². The number of aliphatic hydroxyl groups excluding tert-OH is 2. The SMILES string of the molecule is NC(=O)c1ccc[n+]([C@@H]2O[C@H](COP(=O)([O-])[O-])[C@@H](O)[C@H]2O)c1.O=C(O)[C@@H]1CCC[NH2+]1. The minimum Gasteiger partial charge on any atom is -0.790 e. The van der Waals surface area contributed by atoms with Crippen LogP contribution in [-0.2, 0) is 18.6 Å². The quantitative estimate of drug-likeness (QED) is 0.206. The first-order valence-corrected chi connectivity index (χ1v) is 10.5. The van der Waals surface area contributed by atoms with Crippen LogP contribution in [0.25, 0.3) is 0 Å². The van der Waals surface area contributed by atoms with Gasteiger partial charge in [-0.1, -0.05) is 0 Å². The van der Waals surface area contributed by atoms with Gasteiger partial charge in [-0.25, -0.2) is 4.79 Å². The van der Waals surface area contributed by atoms with Gasteiger partial charge in [-0.3, -0.25) is 4.79 Å². The van der Waals surface area contributed by atoms with Gasteiger partial charge in [0.2, 0.25) is 0 Å². The normalized spacial score (nSPS) is 28.6. The van der Waals surface area contributed by atoms with Gasteiger partial charge >= 0.3 is 5.97 Å². The molecule has 0 aromatic carbocycles. The summed E-state index contributed by atoms with van der Waals surface area (Å²) in [5.74, 6) is -1.36. The van der Waals surface area contributed by atoms with Gasteiger partial charge < -0.3 is 50.0 Å². The fraction of sp³-hybridized carbons (Fsp3) is 0.562. The molecule has 1 aromatic heterocycles. The molecular formula is C16H24N3O10P. The lowest BCUT2D eigenvalue weighted by Gasteiger charge is -2.30. The molecule has 2 fully saturated rings. The number of carboxylic acid groups (broad SMARTS) is 1. The molecule has 0 aliphatic carbocycles. The van der Waals surface area contributed by atoms with E-state index in [0.717, 1.165) is 19.4 Å². The zero-order chi connectivity index (χ0) is 22.5. The van der Waals surface area contributed by atoms with Crippen LogP contribution in [0.1, 0.15) is 29.4 Å². The molecule has 0 saturated carbocycles. The lowest BCUT2D eigenvalue weighted by atomic mass is 10.1. The zero-order valence-corrected chi connectivity index (χ0v) is 16.7. The number of aliphatic carboxylic acids is 1. The maximum absolute atomic E-state index is 11.1. The van der Waals surface area contributed by atoms with Gasteiger partial charge in [0.25, 0.3) is 12.1 Å². The minimum atomic E-state index is -5.22. The number of rotatable bonds is 6. The predicted octanol–water partition coefficient (Wildman–Crippen LogP) is -4.67. The summed E-state index contributed by atoms with van der Waals surface area (Å²) >= 11 is 0. The van der Waals surface area contributed by atoms with Crippen molar-refractivity contribution in [2.75, 3.05) is 13.2 Å². The van der Waals surface area contributed by atoms with Gasteiger partial charge in [0.1, 0.15) is 17.8 Å². The third-order valence-corrected chi connectivity index (χ3v) is 5.09. The summed E-state index contributed by atoms with van der Waals surface area (Å²) in [5.41, 5.74) is 5.29. The number of hydrogen-bond donors (Lipinski definition) is 5. The molecular weight excluding hydrogens is 425 g/mol. The zero-order valence-electron chi connectivity index (χ0n) is 15.8. The number of nitrogens with zero attached hydrogens (tertiary/aromatic N) is 1. The molecule has 5 atom stereocenters. The largest absolute Gasteiger partial charge is 0.790 e. The van der Waals surface area contributed by atoms with Gasteiger partial charge in [0.05, 0.1) is 21.0 Å². The van der Waals surface area contributed by atoms with Crippen LogP contribution < -0.4 is 25.4 Å². The van der Waals surface area contributed by atoms with Gasteiger partial charge in [0, 0.05) is 18.9 Å². The molecule has 7 N–H and O–H groups in total. The Labute approximate surface area is 171 Å². The molecule has 2 aliphatic heterocycles. The molecule has 0 radical (unpaired) electrons. The van der Waals surface area contributed by atoms with Crippen molar-refractivity contribution in [1.29, 1.82) is 0 Å². The molecule has 14 heteroatoms. The standard InChI is InChI=1S/C11H15N2O8P.C5H9NO2/c12-10(16)6-2-1-3-13(4-6)11-9(15)8(14)7(21-11)5-20-22(17,18)19;7-5(8)4-2-1-3-6-4/h1-4,7-9,11,14-15H,5H2,(H3-,12,16,17,18,19);4,6H,1-3H2,(H,7,8)/t7-,8-,9-,11-;4-/m10/s1. The molecule has 30 heavy (non-hydrogen) atoms. The number of aromatic nitrogens is 1. The summed E-state index contributed by atoms with van der Waals surface area (Å²) in [5, 5.41) is 30.0. The second-order valence-corrected chi connectivity index (χ2v) is 7.96. The van der Waals surface area contributed by atoms with Crippen molar-refractivity contribution >= 4 is 19.7 Å². The summed E-state index contributed by atoms with van der Waals surface area (Å²) in [6, 6.07) is 2.79. The second kappa shape index (κ2) is 10.4. The van der Waals surface area contributed by atoms with E-state index in [2.05, 4.69) is 4.52 Å². The summed E-state index contributed by atoms with van der Waals surface area (Å²) in [7, 11) is -5.22. The molecule has 13 nitrogen and oxygen atoms in total. The molecule has 0 spiro atoms. The number of quaternary nitrogens is 1. The van der Waals surface area contributed by atoms with Crippen molar-refractivity contribution in [1.82, 2.24) is 0 Å². The minimum absolute atomic E-state index is 0.144. The Balaban J connectivity index is 0.000000335. The van der Waals surface area contributed by atoms with Gasteiger partial charge in [-0.2, -0.15) is 4.57 Å². The van der Waals surface area contributed by atoms with Crippen molar-refractivity contribution in [2.45, 2.75) is 43.4 Å². The summed E-state index contributed by atoms with van der Waals surface area (Å²) in [6.07, 6.45) is -0.547. The molecule has 3 rings (SSSR count). The van der Waals surface area contributed by atoms with E-state index in [1.807, 2.05) is 5.32 Å². The van der Waals surface area contributed by atoms with E-state index in [-0.39, 0.29) is 11.6 Å². The molecule has 3 heterocycles. The number of amides is 1. The van der Waals surface area contributed by atoms with Crippen molar-refractivity contribution < 1.29 is 58.4 Å². The average Bonchev–Trinajstić information content (AvgIpc) is 3.30. The van der Waals surface area contributed by atoms with Crippen molar-refractivity contribution in [2.24, 2.45) is 5.73 Å². The van der Waals surface area contributed by atoms with E-state index in [0.29, 0.717) is 0 Å². The lowest BCUT2D eigenvalue weighted by molar-refractivity contribution is -0.765. The van der Waals surface area contributed by atoms with Gasteiger partial charge in [0.15, 0.2) is 24.5 Å². The Morgan fingerprint density at radius 1 is 1.37 bits per heavy atom. The second-order valence-electron chi connectivity index (χ2n) is 6.80. The van der Waals surface area contributed by atoms with Crippen LogP contribution in [0.4, 0.5) is 0 Å². The molecule has 168 valence electrons. The highest BCUT2D eigenvalue weighted by atomic mass is 31.2. The van der Waals surface area contributed by atoms with Crippen LogP contribution in [0.3, 0.4) is 0 Å². The number of hydrogen-bond acceptors (Lipinski definition) is 9. The predicted molar refractivity (Wildman–Crippen MR) is 92.1 cm³/mol. The third kappa shape index (κ3) is 6.79. The van der Waals surface area contributed by atoms with Gasteiger partial charge in [-0.15, -0.1) is 0 Å². The average molecular weight is 449 g/mol. The van der Waals surface area contributed by atoms with Crippen LogP contribution in [0.2, 0.25) is 0 Å². The molecule has 1 aromatic rings. The monoisotopic (exact) mass is 449 g/mol. The highest BCUT2D eigenvalue weighted by Crippen LogP contribution is 2.30. The van der Waals surface area contributed by atoms with Crippen LogP contribution >= 0.6 is 7.82 Å². The van der Waals surface area contributed by atoms with E-state index >= 15 is 0 Å². The molecule has 2 aliphatic rings. The number of ether oxygens (including phenoxy) is 1. The van der Waals surface area contributed by atoms with Crippen molar-refractivity contribution in [3.63, 3.8) is 0 Å². The lowest BCUT2D eigenvalue weighted by Crippen LogP contribution is -2.88. The third-order valence-electron chi connectivity index (χ3n) is 4.62. The smallest absolute Gasteiger partial charge is 0.362 e. The number of carbonyl (C=O) groups excluding carboxylic acids is 1. The first-order chi connectivity index (χ1) is 14.0. The Bertz CT molecular complexity index is 797. The van der Waals surface area contributed by atoms with Crippen molar-refractivity contribution in [3.05, 3.63) is 30.1 Å². The van der Waals surface area contributed by atoms with Crippen LogP contribution in [0, 0.1) is 0 Å². The number of pyridine rings is 1. The van der Waals surface area contributed by atoms with E-state index < -0.39 is 50.8 Å². The number of carboxylic acids is 1. The number of phosphoric ester groups is 1. The summed E-state index contributed by atoms with van der Waals surface area (Å²) in [4.78, 5) is 42.2. The van der Waals surface area contributed by atoms with Crippen LogP contribution in [0.5, 0.6) is 0 Å². The van der Waals surface area contributed by atoms with Crippen LogP contribution in [-0.4, -0.2) is 64.7 Å². The topological polar surface area (TPSA) is 223 Å². The number of primary amides is 1. The number of aliphatic hydroxyl groups is 2. The fourth-order valence-electron chi connectivity index (χ4n) is 3.07.